The fourth-order valence-electron chi connectivity index (χ4n) is 5.00. The minimum Gasteiger partial charge on any atom is -0.497 e. The molecular weight excluding hydrogens is 514 g/mol. The molecule has 0 bridgehead atoms. The van der Waals surface area contributed by atoms with Crippen molar-refractivity contribution in [2.24, 2.45) is 0 Å². The van der Waals surface area contributed by atoms with Crippen LogP contribution in [0.15, 0.2) is 48.5 Å². The summed E-state index contributed by atoms with van der Waals surface area (Å²) in [4.78, 5) is 28.8. The predicted octanol–water partition coefficient (Wildman–Crippen LogP) is 4.62. The molecule has 214 valence electrons. The Kier molecular flexibility index (Phi) is 10.0. The number of nitrogens with zero attached hydrogens (tertiary/aromatic N) is 2. The summed E-state index contributed by atoms with van der Waals surface area (Å²) in [5.41, 5.74) is 2.15. The normalized spacial score (nSPS) is 15.0. The van der Waals surface area contributed by atoms with Crippen molar-refractivity contribution in [3.05, 3.63) is 59.7 Å². The van der Waals surface area contributed by atoms with Crippen LogP contribution in [0.3, 0.4) is 0 Å². The molecule has 1 aliphatic rings. The van der Waals surface area contributed by atoms with Crippen LogP contribution in [0.4, 0.5) is 5.69 Å². The van der Waals surface area contributed by atoms with Crippen LogP contribution in [0, 0.1) is 0 Å². The zero-order valence-electron chi connectivity index (χ0n) is 24.1. The number of methoxy groups -OCH3 is 1. The van der Waals surface area contributed by atoms with E-state index in [9.17, 15) is 18.0 Å². The first kappa shape index (κ1) is 30.5. The van der Waals surface area contributed by atoms with Crippen LogP contribution in [0.2, 0.25) is 0 Å². The summed E-state index contributed by atoms with van der Waals surface area (Å²) >= 11 is 0. The summed E-state index contributed by atoms with van der Waals surface area (Å²) in [6, 6.07) is 13.9. The van der Waals surface area contributed by atoms with Gasteiger partial charge in [-0.2, -0.15) is 0 Å². The van der Waals surface area contributed by atoms with E-state index < -0.39 is 28.5 Å². The van der Waals surface area contributed by atoms with Crippen molar-refractivity contribution in [1.82, 2.24) is 10.2 Å². The summed E-state index contributed by atoms with van der Waals surface area (Å²) < 4.78 is 32.2. The SMILES string of the molecule is CC[C@@H](C(=O)NC1CCCC1)N(Cc1cccc(OC)c1)C(=O)CN(c1ccc(C(C)(C)C)cc1)S(C)(=O)=O. The third-order valence-corrected chi connectivity index (χ3v) is 8.42. The smallest absolute Gasteiger partial charge is 0.244 e. The molecule has 9 heteroatoms. The number of sulfonamides is 1. The molecule has 0 heterocycles. The third-order valence-electron chi connectivity index (χ3n) is 7.28. The standard InChI is InChI=1S/C30H43N3O5S/c1-7-27(29(35)31-24-12-8-9-13-24)32(20-22-11-10-14-26(19-22)38-5)28(34)21-33(39(6,36)37)25-17-15-23(16-18-25)30(2,3)4/h10-11,14-19,24,27H,7-9,12-13,20-21H2,1-6H3,(H,31,35)/t27-/m0/s1. The quantitative estimate of drug-likeness (QED) is 0.435. The Labute approximate surface area is 233 Å². The van der Waals surface area contributed by atoms with E-state index in [-0.39, 0.29) is 23.9 Å². The van der Waals surface area contributed by atoms with Crippen LogP contribution < -0.4 is 14.4 Å². The summed E-state index contributed by atoms with van der Waals surface area (Å²) in [5, 5.41) is 3.12. The number of hydrogen-bond donors (Lipinski definition) is 1. The van der Waals surface area contributed by atoms with Gasteiger partial charge >= 0.3 is 0 Å². The highest BCUT2D eigenvalue weighted by molar-refractivity contribution is 7.92. The van der Waals surface area contributed by atoms with E-state index in [1.165, 1.54) is 4.90 Å². The Morgan fingerprint density at radius 2 is 1.72 bits per heavy atom. The van der Waals surface area contributed by atoms with Gasteiger partial charge in [0.05, 0.1) is 19.1 Å². The molecule has 0 aliphatic heterocycles. The Bertz CT molecular complexity index is 1230. The highest BCUT2D eigenvalue weighted by atomic mass is 32.2. The Balaban J connectivity index is 1.93. The molecule has 0 spiro atoms. The number of rotatable bonds is 11. The number of hydrogen-bond acceptors (Lipinski definition) is 5. The van der Waals surface area contributed by atoms with E-state index >= 15 is 0 Å². The number of amides is 2. The van der Waals surface area contributed by atoms with Crippen LogP contribution in [0.1, 0.15) is 70.9 Å². The van der Waals surface area contributed by atoms with Crippen molar-refractivity contribution in [2.75, 3.05) is 24.2 Å². The zero-order valence-corrected chi connectivity index (χ0v) is 24.9. The molecule has 0 saturated heterocycles. The van der Waals surface area contributed by atoms with Gasteiger partial charge in [0.1, 0.15) is 18.3 Å². The van der Waals surface area contributed by atoms with Gasteiger partial charge in [0.2, 0.25) is 21.8 Å². The van der Waals surface area contributed by atoms with E-state index in [2.05, 4.69) is 26.1 Å². The molecule has 3 rings (SSSR count). The predicted molar refractivity (Wildman–Crippen MR) is 155 cm³/mol. The van der Waals surface area contributed by atoms with Crippen molar-refractivity contribution in [3.8, 4) is 5.75 Å². The molecular formula is C30H43N3O5S. The van der Waals surface area contributed by atoms with Gasteiger partial charge in [-0.25, -0.2) is 8.42 Å². The van der Waals surface area contributed by atoms with Crippen LogP contribution >= 0.6 is 0 Å². The summed E-state index contributed by atoms with van der Waals surface area (Å²) in [7, 11) is -2.21. The number of ether oxygens (including phenoxy) is 1. The van der Waals surface area contributed by atoms with Crippen molar-refractivity contribution in [3.63, 3.8) is 0 Å². The van der Waals surface area contributed by atoms with Crippen molar-refractivity contribution >= 4 is 27.5 Å². The molecule has 1 atom stereocenters. The lowest BCUT2D eigenvalue weighted by Gasteiger charge is -2.33. The first-order chi connectivity index (χ1) is 18.3. The lowest BCUT2D eigenvalue weighted by atomic mass is 9.87. The Morgan fingerprint density at radius 3 is 2.26 bits per heavy atom. The molecule has 2 amide bonds. The number of carbonyl (C=O) groups excluding carboxylic acids is 2. The summed E-state index contributed by atoms with van der Waals surface area (Å²) in [6.07, 6.45) is 5.50. The largest absolute Gasteiger partial charge is 0.497 e. The summed E-state index contributed by atoms with van der Waals surface area (Å²) in [5.74, 6) is -0.0160. The van der Waals surface area contributed by atoms with Gasteiger partial charge in [-0.05, 0) is 60.1 Å². The average Bonchev–Trinajstić information content (AvgIpc) is 3.39. The molecule has 0 unspecified atom stereocenters. The van der Waals surface area contributed by atoms with Gasteiger partial charge in [-0.1, -0.05) is 64.8 Å². The van der Waals surface area contributed by atoms with E-state index in [1.807, 2.05) is 43.3 Å². The highest BCUT2D eigenvalue weighted by Crippen LogP contribution is 2.27. The third kappa shape index (κ3) is 8.21. The molecule has 0 aromatic heterocycles. The monoisotopic (exact) mass is 557 g/mol. The van der Waals surface area contributed by atoms with Gasteiger partial charge in [0, 0.05) is 12.6 Å². The zero-order chi connectivity index (χ0) is 28.8. The Morgan fingerprint density at radius 1 is 1.08 bits per heavy atom. The molecule has 2 aromatic rings. The van der Waals surface area contributed by atoms with Crippen LogP contribution in [-0.4, -0.2) is 57.1 Å². The molecule has 2 aromatic carbocycles. The van der Waals surface area contributed by atoms with Crippen molar-refractivity contribution in [2.45, 2.75) is 83.8 Å². The van der Waals surface area contributed by atoms with Gasteiger partial charge in [-0.3, -0.25) is 13.9 Å². The van der Waals surface area contributed by atoms with E-state index in [0.29, 0.717) is 17.9 Å². The number of carbonyl (C=O) groups is 2. The van der Waals surface area contributed by atoms with Crippen LogP contribution in [-0.2, 0) is 31.6 Å². The van der Waals surface area contributed by atoms with Gasteiger partial charge < -0.3 is 15.0 Å². The lowest BCUT2D eigenvalue weighted by Crippen LogP contribution is -2.53. The molecule has 8 nitrogen and oxygen atoms in total. The topological polar surface area (TPSA) is 96.0 Å². The fourth-order valence-corrected chi connectivity index (χ4v) is 5.85. The summed E-state index contributed by atoms with van der Waals surface area (Å²) in [6.45, 7) is 7.84. The van der Waals surface area contributed by atoms with E-state index in [4.69, 9.17) is 4.74 Å². The second kappa shape index (κ2) is 12.9. The molecule has 1 aliphatic carbocycles. The number of nitrogens with one attached hydrogen (secondary N) is 1. The van der Waals surface area contributed by atoms with E-state index in [1.54, 1.807) is 19.2 Å². The molecule has 1 saturated carbocycles. The molecule has 1 fully saturated rings. The minimum atomic E-state index is -3.78. The van der Waals surface area contributed by atoms with Crippen LogP contribution in [0.5, 0.6) is 5.75 Å². The molecule has 1 N–H and O–H groups in total. The molecule has 39 heavy (non-hydrogen) atoms. The van der Waals surface area contributed by atoms with Gasteiger partial charge in [-0.15, -0.1) is 0 Å². The van der Waals surface area contributed by atoms with Gasteiger partial charge in [0.15, 0.2) is 0 Å². The maximum absolute atomic E-state index is 13.9. The first-order valence-corrected chi connectivity index (χ1v) is 15.5. The highest BCUT2D eigenvalue weighted by Gasteiger charge is 2.33. The Hall–Kier alpha value is -3.07. The maximum Gasteiger partial charge on any atom is 0.244 e. The van der Waals surface area contributed by atoms with E-state index in [0.717, 1.165) is 47.4 Å². The minimum absolute atomic E-state index is 0.0984. The molecule has 0 radical (unpaired) electrons. The van der Waals surface area contributed by atoms with Gasteiger partial charge in [0.25, 0.3) is 0 Å². The maximum atomic E-state index is 13.9. The second-order valence-corrected chi connectivity index (χ2v) is 13.3. The fraction of sp³-hybridized carbons (Fsp3) is 0.533. The van der Waals surface area contributed by atoms with Crippen molar-refractivity contribution in [1.29, 1.82) is 0 Å². The second-order valence-electron chi connectivity index (χ2n) is 11.4. The number of anilines is 1. The first-order valence-electron chi connectivity index (χ1n) is 13.6. The number of benzene rings is 2. The van der Waals surface area contributed by atoms with Crippen LogP contribution in [0.25, 0.3) is 0 Å². The van der Waals surface area contributed by atoms with Crippen molar-refractivity contribution < 1.29 is 22.7 Å². The lowest BCUT2D eigenvalue weighted by molar-refractivity contribution is -0.140. The average molecular weight is 558 g/mol.